The molecule has 8 heteroatoms. The minimum Gasteiger partial charge on any atom is -0.408 e. The maximum absolute atomic E-state index is 13.5. The third kappa shape index (κ3) is 3.84. The number of anilines is 1. The number of aliphatic hydroxyl groups excluding tert-OH is 1. The second kappa shape index (κ2) is 7.55. The van der Waals surface area contributed by atoms with Gasteiger partial charge in [0.2, 0.25) is 5.91 Å². The summed E-state index contributed by atoms with van der Waals surface area (Å²) in [5.41, 5.74) is 8.93. The number of nitrogens with two attached hydrogens (primary N) is 1. The zero-order valence-corrected chi connectivity index (χ0v) is 17.1. The second-order valence-corrected chi connectivity index (χ2v) is 8.71. The van der Waals surface area contributed by atoms with Gasteiger partial charge in [-0.05, 0) is 54.7 Å². The fourth-order valence-electron chi connectivity index (χ4n) is 4.56. The Balaban J connectivity index is 1.40. The van der Waals surface area contributed by atoms with Gasteiger partial charge in [0.15, 0.2) is 5.58 Å². The van der Waals surface area contributed by atoms with Crippen molar-refractivity contribution in [3.8, 4) is 0 Å². The van der Waals surface area contributed by atoms with Crippen LogP contribution >= 0.6 is 0 Å². The summed E-state index contributed by atoms with van der Waals surface area (Å²) in [6.45, 7) is 2.01. The van der Waals surface area contributed by atoms with Crippen molar-refractivity contribution in [2.45, 2.75) is 36.8 Å². The number of rotatable bonds is 6. The molecule has 0 bridgehead atoms. The first-order valence-electron chi connectivity index (χ1n) is 10.6. The summed E-state index contributed by atoms with van der Waals surface area (Å²) in [4.78, 5) is 29.8. The standard InChI is InChI=1S/C23H26N4O4/c24-16-3-1-2-14(10-16)19(13-27-9-6-17(28)12-27)25-21(29)23(7-8-23)15-4-5-20-18(11-15)26-22(30)31-20/h1-5,10-11,17,19,28H,6-9,12-13,24H2,(H,25,29)(H,26,30)/t17?,19-/m1/s1. The van der Waals surface area contributed by atoms with Gasteiger partial charge < -0.3 is 20.6 Å². The van der Waals surface area contributed by atoms with Crippen molar-refractivity contribution in [3.63, 3.8) is 0 Å². The number of carbonyl (C=O) groups is 1. The van der Waals surface area contributed by atoms with E-state index in [0.29, 0.717) is 29.9 Å². The minimum absolute atomic E-state index is 0.0372. The maximum atomic E-state index is 13.5. The van der Waals surface area contributed by atoms with Gasteiger partial charge >= 0.3 is 5.76 Å². The molecule has 2 aliphatic rings. The van der Waals surface area contributed by atoms with Gasteiger partial charge in [-0.25, -0.2) is 4.79 Å². The molecule has 1 saturated heterocycles. The fourth-order valence-corrected chi connectivity index (χ4v) is 4.56. The first-order valence-corrected chi connectivity index (χ1v) is 10.6. The Bertz CT molecular complexity index is 1180. The molecule has 3 aromatic rings. The number of benzene rings is 2. The van der Waals surface area contributed by atoms with E-state index >= 15 is 0 Å². The Kier molecular flexibility index (Phi) is 4.83. The molecule has 1 unspecified atom stereocenters. The van der Waals surface area contributed by atoms with Gasteiger partial charge in [0.05, 0.1) is 23.1 Å². The number of hydrogen-bond acceptors (Lipinski definition) is 6. The summed E-state index contributed by atoms with van der Waals surface area (Å²) in [5, 5.41) is 13.1. The molecule has 0 radical (unpaired) electrons. The van der Waals surface area contributed by atoms with Gasteiger partial charge in [-0.15, -0.1) is 0 Å². The van der Waals surface area contributed by atoms with Crippen LogP contribution in [0.25, 0.3) is 11.1 Å². The van der Waals surface area contributed by atoms with Crippen molar-refractivity contribution >= 4 is 22.7 Å². The summed E-state index contributed by atoms with van der Waals surface area (Å²) >= 11 is 0. The number of fused-ring (bicyclic) bond motifs is 1. The molecule has 162 valence electrons. The number of nitrogens with zero attached hydrogens (tertiary/aromatic N) is 1. The largest absolute Gasteiger partial charge is 0.417 e. The van der Waals surface area contributed by atoms with Crippen molar-refractivity contribution in [1.82, 2.24) is 15.2 Å². The highest BCUT2D eigenvalue weighted by Gasteiger charge is 2.52. The summed E-state index contributed by atoms with van der Waals surface area (Å²) in [6, 6.07) is 12.8. The Labute approximate surface area is 179 Å². The van der Waals surface area contributed by atoms with Crippen LogP contribution in [0.1, 0.15) is 36.4 Å². The molecule has 5 rings (SSSR count). The van der Waals surface area contributed by atoms with Crippen LogP contribution in [0, 0.1) is 0 Å². The molecule has 2 aromatic carbocycles. The third-order valence-corrected chi connectivity index (χ3v) is 6.46. The number of oxazole rings is 1. The quantitative estimate of drug-likeness (QED) is 0.448. The second-order valence-electron chi connectivity index (χ2n) is 8.71. The lowest BCUT2D eigenvalue weighted by Gasteiger charge is -2.27. The average molecular weight is 422 g/mol. The summed E-state index contributed by atoms with van der Waals surface area (Å²) in [6.07, 6.45) is 1.91. The number of β-amino-alcohol motifs (C(OH)–C–C–N with tert-alkyl or cyclic N) is 1. The molecule has 2 heterocycles. The van der Waals surface area contributed by atoms with E-state index in [2.05, 4.69) is 15.2 Å². The van der Waals surface area contributed by atoms with E-state index < -0.39 is 11.2 Å². The molecule has 1 aromatic heterocycles. The lowest BCUT2D eigenvalue weighted by atomic mass is 9.93. The van der Waals surface area contributed by atoms with Crippen LogP contribution in [-0.4, -0.2) is 46.6 Å². The normalized spacial score (nSPS) is 21.3. The monoisotopic (exact) mass is 422 g/mol. The number of nitrogen functional groups attached to an aromatic ring is 1. The molecule has 2 fully saturated rings. The summed E-state index contributed by atoms with van der Waals surface area (Å²) in [7, 11) is 0. The van der Waals surface area contributed by atoms with Gasteiger partial charge in [0, 0.05) is 25.3 Å². The van der Waals surface area contributed by atoms with Gasteiger partial charge in [-0.3, -0.25) is 14.7 Å². The zero-order valence-electron chi connectivity index (χ0n) is 17.1. The number of aromatic nitrogens is 1. The number of aliphatic hydroxyl groups is 1. The highest BCUT2D eigenvalue weighted by Crippen LogP contribution is 2.49. The first-order chi connectivity index (χ1) is 14.9. The van der Waals surface area contributed by atoms with Gasteiger partial charge in [0.25, 0.3) is 0 Å². The van der Waals surface area contributed by atoms with Gasteiger partial charge in [-0.2, -0.15) is 0 Å². The Morgan fingerprint density at radius 2 is 2.16 bits per heavy atom. The Morgan fingerprint density at radius 1 is 1.32 bits per heavy atom. The number of carbonyl (C=O) groups excluding carboxylic acids is 1. The molecule has 1 saturated carbocycles. The number of likely N-dealkylation sites (tertiary alicyclic amines) is 1. The topological polar surface area (TPSA) is 125 Å². The molecule has 1 aliphatic carbocycles. The Hall–Kier alpha value is -3.10. The molecule has 1 amide bonds. The van der Waals surface area contributed by atoms with Crippen LogP contribution in [0.15, 0.2) is 51.7 Å². The number of nitrogens with one attached hydrogen (secondary N) is 2. The van der Waals surface area contributed by atoms with Crippen LogP contribution in [-0.2, 0) is 10.2 Å². The minimum atomic E-state index is -0.606. The molecule has 31 heavy (non-hydrogen) atoms. The highest BCUT2D eigenvalue weighted by molar-refractivity contribution is 5.92. The molecule has 2 atom stereocenters. The van der Waals surface area contributed by atoms with Crippen LogP contribution in [0.5, 0.6) is 0 Å². The van der Waals surface area contributed by atoms with E-state index in [-0.39, 0.29) is 18.1 Å². The van der Waals surface area contributed by atoms with Crippen LogP contribution in [0.2, 0.25) is 0 Å². The first kappa shape index (κ1) is 19.8. The van der Waals surface area contributed by atoms with Crippen molar-refractivity contribution < 1.29 is 14.3 Å². The predicted octanol–water partition coefficient (Wildman–Crippen LogP) is 1.66. The van der Waals surface area contributed by atoms with E-state index in [4.69, 9.17) is 10.2 Å². The number of hydrogen-bond donors (Lipinski definition) is 4. The summed E-state index contributed by atoms with van der Waals surface area (Å²) < 4.78 is 5.08. The SMILES string of the molecule is Nc1cccc([C@@H](CN2CCC(O)C2)NC(=O)C2(c3ccc4oc(=O)[nH]c4c3)CC2)c1. The molecule has 0 spiro atoms. The van der Waals surface area contributed by atoms with E-state index in [1.807, 2.05) is 36.4 Å². The van der Waals surface area contributed by atoms with E-state index in [0.717, 1.165) is 36.9 Å². The molecule has 8 nitrogen and oxygen atoms in total. The third-order valence-electron chi connectivity index (χ3n) is 6.46. The van der Waals surface area contributed by atoms with Crippen molar-refractivity contribution in [2.24, 2.45) is 0 Å². The smallest absolute Gasteiger partial charge is 0.408 e. The number of aromatic amines is 1. The fraction of sp³-hybridized carbons (Fsp3) is 0.391. The van der Waals surface area contributed by atoms with Crippen molar-refractivity contribution in [2.75, 3.05) is 25.4 Å². The average Bonchev–Trinajstić information content (AvgIpc) is 3.32. The van der Waals surface area contributed by atoms with Crippen LogP contribution in [0.3, 0.4) is 0 Å². The van der Waals surface area contributed by atoms with Gasteiger partial charge in [0.1, 0.15) is 0 Å². The van der Waals surface area contributed by atoms with E-state index in [1.54, 1.807) is 6.07 Å². The van der Waals surface area contributed by atoms with Crippen molar-refractivity contribution in [1.29, 1.82) is 0 Å². The molecule has 1 aliphatic heterocycles. The highest BCUT2D eigenvalue weighted by atomic mass is 16.4. The molecule has 5 N–H and O–H groups in total. The predicted molar refractivity (Wildman–Crippen MR) is 117 cm³/mol. The lowest BCUT2D eigenvalue weighted by molar-refractivity contribution is -0.124. The Morgan fingerprint density at radius 3 is 2.87 bits per heavy atom. The number of amides is 1. The van der Waals surface area contributed by atoms with Gasteiger partial charge in [-0.1, -0.05) is 18.2 Å². The molecular formula is C23H26N4O4. The lowest BCUT2D eigenvalue weighted by Crippen LogP contribution is -2.42. The van der Waals surface area contributed by atoms with E-state index in [9.17, 15) is 14.7 Å². The summed E-state index contributed by atoms with van der Waals surface area (Å²) in [5.74, 6) is -0.541. The van der Waals surface area contributed by atoms with Crippen molar-refractivity contribution in [3.05, 3.63) is 64.1 Å². The molecular weight excluding hydrogens is 396 g/mol. The maximum Gasteiger partial charge on any atom is 0.417 e. The van der Waals surface area contributed by atoms with E-state index in [1.165, 1.54) is 0 Å². The zero-order chi connectivity index (χ0) is 21.6. The van der Waals surface area contributed by atoms with Crippen LogP contribution < -0.4 is 16.8 Å². The van der Waals surface area contributed by atoms with Crippen LogP contribution in [0.4, 0.5) is 5.69 Å². The number of H-pyrrole nitrogens is 1.